The zero-order chi connectivity index (χ0) is 21.5. The average molecular weight is 438 g/mol. The van der Waals surface area contributed by atoms with Crippen molar-refractivity contribution in [2.75, 3.05) is 50.8 Å². The van der Waals surface area contributed by atoms with E-state index in [1.807, 2.05) is 48.5 Å². The Balaban J connectivity index is 1.11. The van der Waals surface area contributed by atoms with E-state index in [1.165, 1.54) is 5.69 Å². The summed E-state index contributed by atoms with van der Waals surface area (Å²) in [6.07, 6.45) is 0.933. The molecule has 4 rings (SSSR count). The van der Waals surface area contributed by atoms with Gasteiger partial charge in [0.25, 0.3) is 5.91 Å². The Morgan fingerprint density at radius 1 is 0.935 bits per heavy atom. The number of rotatable bonds is 8. The minimum atomic E-state index is -0.0827. The first kappa shape index (κ1) is 21.5. The first-order valence-corrected chi connectivity index (χ1v) is 11.2. The topological polar surface area (TPSA) is 44.8 Å². The molecule has 0 aliphatic carbocycles. The van der Waals surface area contributed by atoms with Crippen molar-refractivity contribution < 1.29 is 9.53 Å². The van der Waals surface area contributed by atoms with Crippen molar-refractivity contribution in [3.8, 4) is 5.75 Å². The van der Waals surface area contributed by atoms with E-state index in [2.05, 4.69) is 33.3 Å². The number of hydrogen-bond donors (Lipinski definition) is 1. The summed E-state index contributed by atoms with van der Waals surface area (Å²) in [5.41, 5.74) is 1.22. The van der Waals surface area contributed by atoms with Crippen LogP contribution in [0, 0.1) is 0 Å². The van der Waals surface area contributed by atoms with Crippen molar-refractivity contribution in [1.82, 2.24) is 10.2 Å². The molecule has 1 amide bonds. The second-order valence-corrected chi connectivity index (χ2v) is 8.24. The number of benzene rings is 3. The number of halogens is 1. The van der Waals surface area contributed by atoms with Gasteiger partial charge in [-0.25, -0.2) is 0 Å². The van der Waals surface area contributed by atoms with Gasteiger partial charge in [0.2, 0.25) is 0 Å². The van der Waals surface area contributed by atoms with E-state index in [1.54, 1.807) is 0 Å². The molecule has 1 N–H and O–H groups in total. The van der Waals surface area contributed by atoms with Gasteiger partial charge < -0.3 is 15.0 Å². The molecule has 0 atom stereocenters. The molecule has 0 spiro atoms. The van der Waals surface area contributed by atoms with Crippen molar-refractivity contribution in [3.63, 3.8) is 0 Å². The standard InChI is InChI=1S/C25H28ClN3O2/c26-22-7-9-23(10-8-22)29-16-14-28(15-17-29)13-3-12-27-25(30)19-31-24-11-6-20-4-1-2-5-21(20)18-24/h1-2,4-11,18H,3,12-17,19H2,(H,27,30). The molecule has 3 aromatic carbocycles. The molecule has 1 aliphatic rings. The zero-order valence-electron chi connectivity index (χ0n) is 17.6. The molecular weight excluding hydrogens is 410 g/mol. The van der Waals surface area contributed by atoms with Gasteiger partial charge in [0.1, 0.15) is 5.75 Å². The van der Waals surface area contributed by atoms with E-state index in [9.17, 15) is 4.79 Å². The molecule has 0 radical (unpaired) electrons. The number of nitrogens with zero attached hydrogens (tertiary/aromatic N) is 2. The third-order valence-corrected chi connectivity index (χ3v) is 5.88. The Morgan fingerprint density at radius 2 is 1.68 bits per heavy atom. The molecule has 1 fully saturated rings. The number of amides is 1. The van der Waals surface area contributed by atoms with Gasteiger partial charge in [-0.05, 0) is 60.1 Å². The molecule has 0 aromatic heterocycles. The molecule has 5 nitrogen and oxygen atoms in total. The van der Waals surface area contributed by atoms with E-state index >= 15 is 0 Å². The van der Waals surface area contributed by atoms with Crippen molar-refractivity contribution >= 4 is 34.0 Å². The SMILES string of the molecule is O=C(COc1ccc2ccccc2c1)NCCCN1CCN(c2ccc(Cl)cc2)CC1. The van der Waals surface area contributed by atoms with Crippen molar-refractivity contribution in [1.29, 1.82) is 0 Å². The highest BCUT2D eigenvalue weighted by Crippen LogP contribution is 2.21. The fraction of sp³-hybridized carbons (Fsp3) is 0.320. The Kier molecular flexibility index (Phi) is 7.28. The van der Waals surface area contributed by atoms with Gasteiger partial charge >= 0.3 is 0 Å². The largest absolute Gasteiger partial charge is 0.484 e. The van der Waals surface area contributed by atoms with Crippen LogP contribution in [-0.2, 0) is 4.79 Å². The number of carbonyl (C=O) groups is 1. The number of piperazine rings is 1. The maximum absolute atomic E-state index is 12.1. The zero-order valence-corrected chi connectivity index (χ0v) is 18.4. The van der Waals surface area contributed by atoms with E-state index in [4.69, 9.17) is 16.3 Å². The summed E-state index contributed by atoms with van der Waals surface area (Å²) in [5, 5.41) is 5.99. The highest BCUT2D eigenvalue weighted by Gasteiger charge is 2.16. The minimum Gasteiger partial charge on any atom is -0.484 e. The van der Waals surface area contributed by atoms with Gasteiger partial charge in [0.15, 0.2) is 6.61 Å². The lowest BCUT2D eigenvalue weighted by atomic mass is 10.1. The van der Waals surface area contributed by atoms with Crippen LogP contribution in [0.2, 0.25) is 5.02 Å². The molecule has 162 valence electrons. The Labute approximate surface area is 188 Å². The summed E-state index contributed by atoms with van der Waals surface area (Å²) in [5.74, 6) is 0.633. The van der Waals surface area contributed by atoms with Gasteiger partial charge in [0, 0.05) is 43.4 Å². The summed E-state index contributed by atoms with van der Waals surface area (Å²) in [7, 11) is 0. The molecule has 31 heavy (non-hydrogen) atoms. The number of fused-ring (bicyclic) bond motifs is 1. The van der Waals surface area contributed by atoms with Gasteiger partial charge in [-0.1, -0.05) is 41.9 Å². The predicted molar refractivity (Wildman–Crippen MR) is 127 cm³/mol. The maximum Gasteiger partial charge on any atom is 0.257 e. The van der Waals surface area contributed by atoms with E-state index < -0.39 is 0 Å². The molecule has 1 heterocycles. The van der Waals surface area contributed by atoms with Crippen molar-refractivity contribution in [2.45, 2.75) is 6.42 Å². The smallest absolute Gasteiger partial charge is 0.257 e. The number of ether oxygens (including phenoxy) is 1. The number of carbonyl (C=O) groups excluding carboxylic acids is 1. The number of nitrogens with one attached hydrogen (secondary N) is 1. The molecule has 1 aliphatic heterocycles. The fourth-order valence-corrected chi connectivity index (χ4v) is 4.00. The van der Waals surface area contributed by atoms with Gasteiger partial charge in [0.05, 0.1) is 0 Å². The van der Waals surface area contributed by atoms with Crippen LogP contribution in [0.25, 0.3) is 10.8 Å². The third kappa shape index (κ3) is 6.12. The monoisotopic (exact) mass is 437 g/mol. The number of anilines is 1. The quantitative estimate of drug-likeness (QED) is 0.536. The van der Waals surface area contributed by atoms with E-state index in [0.717, 1.165) is 54.9 Å². The molecule has 0 saturated carbocycles. The van der Waals surface area contributed by atoms with Crippen LogP contribution in [0.4, 0.5) is 5.69 Å². The fourth-order valence-electron chi connectivity index (χ4n) is 3.87. The molecule has 3 aromatic rings. The summed E-state index contributed by atoms with van der Waals surface area (Å²) in [4.78, 5) is 16.9. The lowest BCUT2D eigenvalue weighted by molar-refractivity contribution is -0.123. The molecule has 0 unspecified atom stereocenters. The average Bonchev–Trinajstić information content (AvgIpc) is 2.81. The molecule has 6 heteroatoms. The van der Waals surface area contributed by atoms with Gasteiger partial charge in [-0.3, -0.25) is 9.69 Å². The normalized spacial score (nSPS) is 14.5. The van der Waals surface area contributed by atoms with Crippen LogP contribution in [0.1, 0.15) is 6.42 Å². The number of hydrogen-bond acceptors (Lipinski definition) is 4. The Hall–Kier alpha value is -2.76. The summed E-state index contributed by atoms with van der Waals surface area (Å²) in [6, 6.07) is 22.0. The maximum atomic E-state index is 12.1. The minimum absolute atomic E-state index is 0.0398. The third-order valence-electron chi connectivity index (χ3n) is 5.63. The van der Waals surface area contributed by atoms with Crippen molar-refractivity contribution in [3.05, 3.63) is 71.8 Å². The van der Waals surface area contributed by atoms with Crippen molar-refractivity contribution in [2.24, 2.45) is 0 Å². The molecule has 0 bridgehead atoms. The Bertz CT molecular complexity index is 1000. The van der Waals surface area contributed by atoms with Crippen LogP contribution < -0.4 is 15.0 Å². The van der Waals surface area contributed by atoms with Crippen LogP contribution in [0.3, 0.4) is 0 Å². The molecular formula is C25H28ClN3O2. The molecule has 1 saturated heterocycles. The van der Waals surface area contributed by atoms with Crippen LogP contribution in [0.5, 0.6) is 5.75 Å². The van der Waals surface area contributed by atoms with E-state index in [0.29, 0.717) is 12.3 Å². The highest BCUT2D eigenvalue weighted by molar-refractivity contribution is 6.30. The summed E-state index contributed by atoms with van der Waals surface area (Å²) >= 11 is 5.97. The first-order chi connectivity index (χ1) is 15.2. The highest BCUT2D eigenvalue weighted by atomic mass is 35.5. The second kappa shape index (κ2) is 10.5. The second-order valence-electron chi connectivity index (χ2n) is 7.81. The van der Waals surface area contributed by atoms with Crippen LogP contribution in [-0.4, -0.2) is 56.7 Å². The lowest BCUT2D eigenvalue weighted by Crippen LogP contribution is -2.47. The van der Waals surface area contributed by atoms with Gasteiger partial charge in [-0.15, -0.1) is 0 Å². The van der Waals surface area contributed by atoms with Crippen LogP contribution >= 0.6 is 11.6 Å². The lowest BCUT2D eigenvalue weighted by Gasteiger charge is -2.36. The summed E-state index contributed by atoms with van der Waals surface area (Å²) in [6.45, 7) is 5.76. The van der Waals surface area contributed by atoms with Crippen LogP contribution in [0.15, 0.2) is 66.7 Å². The Morgan fingerprint density at radius 3 is 2.45 bits per heavy atom. The predicted octanol–water partition coefficient (Wildman–Crippen LogP) is 4.20. The summed E-state index contributed by atoms with van der Waals surface area (Å²) < 4.78 is 5.65. The van der Waals surface area contributed by atoms with E-state index in [-0.39, 0.29) is 12.5 Å². The first-order valence-electron chi connectivity index (χ1n) is 10.8. The van der Waals surface area contributed by atoms with Gasteiger partial charge in [-0.2, -0.15) is 0 Å².